The number of hydrogen-bond donors (Lipinski definition) is 1. The molecule has 84 valence electrons. The molecule has 0 unspecified atom stereocenters. The predicted octanol–water partition coefficient (Wildman–Crippen LogP) is 4.13. The van der Waals surface area contributed by atoms with Gasteiger partial charge in [-0.3, -0.25) is 0 Å². The normalized spacial score (nSPS) is 13.2. The van der Waals surface area contributed by atoms with Gasteiger partial charge in [0.25, 0.3) is 0 Å². The zero-order valence-electron chi connectivity index (χ0n) is 9.35. The number of hydrogen-bond acceptors (Lipinski definition) is 1. The van der Waals surface area contributed by atoms with Crippen LogP contribution >= 0.6 is 23.2 Å². The van der Waals surface area contributed by atoms with Crippen LogP contribution in [0.5, 0.6) is 0 Å². The summed E-state index contributed by atoms with van der Waals surface area (Å²) in [6.07, 6.45) is 0. The molecule has 0 amide bonds. The fourth-order valence-electron chi connectivity index (χ4n) is 1.17. The maximum Gasteiger partial charge on any atom is 0.0465 e. The fraction of sp³-hybridized carbons (Fsp3) is 0.500. The molecule has 1 rings (SSSR count). The molecule has 3 heteroatoms. The van der Waals surface area contributed by atoms with Crippen molar-refractivity contribution in [2.24, 2.45) is 5.92 Å². The molecule has 0 spiro atoms. The SMILES string of the molecule is CC(C)[C@@H](C)NCc1ccc(Cl)cc1Cl. The minimum atomic E-state index is 0.483. The van der Waals surface area contributed by atoms with Gasteiger partial charge in [-0.2, -0.15) is 0 Å². The first-order valence-corrected chi connectivity index (χ1v) is 5.93. The lowest BCUT2D eigenvalue weighted by Crippen LogP contribution is -2.30. The summed E-state index contributed by atoms with van der Waals surface area (Å²) < 4.78 is 0. The smallest absolute Gasteiger partial charge is 0.0465 e. The third-order valence-corrected chi connectivity index (χ3v) is 3.22. The molecule has 0 radical (unpaired) electrons. The first-order chi connectivity index (χ1) is 7.00. The highest BCUT2D eigenvalue weighted by Gasteiger charge is 2.07. The van der Waals surface area contributed by atoms with Crippen LogP contribution < -0.4 is 5.32 Å². The van der Waals surface area contributed by atoms with Crippen molar-refractivity contribution in [2.45, 2.75) is 33.4 Å². The highest BCUT2D eigenvalue weighted by atomic mass is 35.5. The van der Waals surface area contributed by atoms with E-state index >= 15 is 0 Å². The molecule has 0 aliphatic heterocycles. The molecule has 1 N–H and O–H groups in total. The largest absolute Gasteiger partial charge is 0.310 e. The highest BCUT2D eigenvalue weighted by molar-refractivity contribution is 6.35. The van der Waals surface area contributed by atoms with E-state index in [1.54, 1.807) is 6.07 Å². The van der Waals surface area contributed by atoms with Crippen molar-refractivity contribution < 1.29 is 0 Å². The number of nitrogens with one attached hydrogen (secondary N) is 1. The van der Waals surface area contributed by atoms with Gasteiger partial charge in [0.1, 0.15) is 0 Å². The summed E-state index contributed by atoms with van der Waals surface area (Å²) in [5.74, 6) is 0.621. The van der Waals surface area contributed by atoms with Crippen molar-refractivity contribution in [3.8, 4) is 0 Å². The van der Waals surface area contributed by atoms with Crippen LogP contribution in [0.3, 0.4) is 0 Å². The maximum absolute atomic E-state index is 6.07. The minimum absolute atomic E-state index is 0.483. The van der Waals surface area contributed by atoms with E-state index < -0.39 is 0 Å². The zero-order chi connectivity index (χ0) is 11.4. The third kappa shape index (κ3) is 4.02. The lowest BCUT2D eigenvalue weighted by Gasteiger charge is -2.17. The summed E-state index contributed by atoms with van der Waals surface area (Å²) in [6.45, 7) is 7.35. The standard InChI is InChI=1S/C12H17Cl2N/c1-8(2)9(3)15-7-10-4-5-11(13)6-12(10)14/h4-6,8-9,15H,7H2,1-3H3/t9-/m1/s1. The van der Waals surface area contributed by atoms with E-state index in [2.05, 4.69) is 26.1 Å². The van der Waals surface area contributed by atoms with Crippen LogP contribution in [0, 0.1) is 5.92 Å². The molecule has 1 nitrogen and oxygen atoms in total. The Morgan fingerprint density at radius 2 is 1.87 bits per heavy atom. The predicted molar refractivity (Wildman–Crippen MR) is 67.6 cm³/mol. The first kappa shape index (κ1) is 12.8. The highest BCUT2D eigenvalue weighted by Crippen LogP contribution is 2.21. The second kappa shape index (κ2) is 5.74. The Labute approximate surface area is 102 Å². The average Bonchev–Trinajstić information content (AvgIpc) is 2.15. The summed E-state index contributed by atoms with van der Waals surface area (Å²) in [6, 6.07) is 6.09. The lowest BCUT2D eigenvalue weighted by molar-refractivity contribution is 0.426. The molecule has 1 aromatic rings. The van der Waals surface area contributed by atoms with Gasteiger partial charge in [0.2, 0.25) is 0 Å². The Morgan fingerprint density at radius 1 is 1.20 bits per heavy atom. The first-order valence-electron chi connectivity index (χ1n) is 5.18. The Kier molecular flexibility index (Phi) is 4.91. The zero-order valence-corrected chi connectivity index (χ0v) is 10.9. The lowest BCUT2D eigenvalue weighted by atomic mass is 10.1. The molecule has 0 heterocycles. The third-order valence-electron chi connectivity index (χ3n) is 2.63. The Morgan fingerprint density at radius 3 is 2.40 bits per heavy atom. The van der Waals surface area contributed by atoms with Gasteiger partial charge in [-0.1, -0.05) is 43.1 Å². The van der Waals surface area contributed by atoms with Gasteiger partial charge in [0.15, 0.2) is 0 Å². The van der Waals surface area contributed by atoms with Crippen molar-refractivity contribution in [1.82, 2.24) is 5.32 Å². The molecule has 0 saturated carbocycles. The van der Waals surface area contributed by atoms with E-state index in [0.717, 1.165) is 17.1 Å². The van der Waals surface area contributed by atoms with Crippen LogP contribution in [0.4, 0.5) is 0 Å². The molecule has 0 fully saturated rings. The molecule has 0 aromatic heterocycles. The monoisotopic (exact) mass is 245 g/mol. The molecule has 15 heavy (non-hydrogen) atoms. The van der Waals surface area contributed by atoms with E-state index in [-0.39, 0.29) is 0 Å². The topological polar surface area (TPSA) is 12.0 Å². The fourth-order valence-corrected chi connectivity index (χ4v) is 1.65. The number of rotatable bonds is 4. The van der Waals surface area contributed by atoms with E-state index in [4.69, 9.17) is 23.2 Å². The summed E-state index contributed by atoms with van der Waals surface area (Å²) in [5.41, 5.74) is 1.09. The quantitative estimate of drug-likeness (QED) is 0.842. The van der Waals surface area contributed by atoms with E-state index in [1.165, 1.54) is 0 Å². The van der Waals surface area contributed by atoms with E-state index in [0.29, 0.717) is 17.0 Å². The van der Waals surface area contributed by atoms with Gasteiger partial charge in [-0.05, 0) is 30.5 Å². The molecule has 1 aromatic carbocycles. The molecule has 0 aliphatic rings. The summed E-state index contributed by atoms with van der Waals surface area (Å²) in [4.78, 5) is 0. The average molecular weight is 246 g/mol. The van der Waals surface area contributed by atoms with Crippen LogP contribution in [0.15, 0.2) is 18.2 Å². The van der Waals surface area contributed by atoms with Crippen molar-refractivity contribution in [3.05, 3.63) is 33.8 Å². The van der Waals surface area contributed by atoms with E-state index in [1.807, 2.05) is 12.1 Å². The van der Waals surface area contributed by atoms with Crippen molar-refractivity contribution in [3.63, 3.8) is 0 Å². The molecular formula is C12H17Cl2N. The molecular weight excluding hydrogens is 229 g/mol. The van der Waals surface area contributed by atoms with Crippen LogP contribution in [0.25, 0.3) is 0 Å². The van der Waals surface area contributed by atoms with Gasteiger partial charge < -0.3 is 5.32 Å². The maximum atomic E-state index is 6.07. The summed E-state index contributed by atoms with van der Waals surface area (Å²) >= 11 is 11.9. The van der Waals surface area contributed by atoms with Gasteiger partial charge >= 0.3 is 0 Å². The van der Waals surface area contributed by atoms with Gasteiger partial charge in [0, 0.05) is 22.6 Å². The van der Waals surface area contributed by atoms with Crippen LogP contribution in [0.1, 0.15) is 26.3 Å². The Hall–Kier alpha value is -0.240. The number of benzene rings is 1. The Balaban J connectivity index is 2.58. The van der Waals surface area contributed by atoms with Crippen molar-refractivity contribution >= 4 is 23.2 Å². The molecule has 1 atom stereocenters. The number of halogens is 2. The van der Waals surface area contributed by atoms with E-state index in [9.17, 15) is 0 Å². The second-order valence-electron chi connectivity index (χ2n) is 4.15. The molecule has 0 aliphatic carbocycles. The summed E-state index contributed by atoms with van der Waals surface area (Å²) in [5, 5.41) is 4.84. The van der Waals surface area contributed by atoms with Gasteiger partial charge in [-0.15, -0.1) is 0 Å². The van der Waals surface area contributed by atoms with Crippen molar-refractivity contribution in [1.29, 1.82) is 0 Å². The van der Waals surface area contributed by atoms with Crippen molar-refractivity contribution in [2.75, 3.05) is 0 Å². The van der Waals surface area contributed by atoms with Crippen LogP contribution in [-0.4, -0.2) is 6.04 Å². The van der Waals surface area contributed by atoms with Gasteiger partial charge in [-0.25, -0.2) is 0 Å². The van der Waals surface area contributed by atoms with Crippen LogP contribution in [-0.2, 0) is 6.54 Å². The molecule has 0 bridgehead atoms. The second-order valence-corrected chi connectivity index (χ2v) is 4.99. The minimum Gasteiger partial charge on any atom is -0.310 e. The van der Waals surface area contributed by atoms with Crippen LogP contribution in [0.2, 0.25) is 10.0 Å². The van der Waals surface area contributed by atoms with Gasteiger partial charge in [0.05, 0.1) is 0 Å². The molecule has 0 saturated heterocycles. The Bertz CT molecular complexity index is 323. The summed E-state index contributed by atoms with van der Waals surface area (Å²) in [7, 11) is 0.